The number of benzene rings is 1. The molecule has 3 N–H and O–H groups in total. The number of halogens is 2. The minimum Gasteiger partial charge on any atom is -0.465 e. The Balaban J connectivity index is 1.73. The lowest BCUT2D eigenvalue weighted by molar-refractivity contribution is -0.145. The Morgan fingerprint density at radius 3 is 2.37 bits per heavy atom. The van der Waals surface area contributed by atoms with Gasteiger partial charge in [-0.3, -0.25) is 14.5 Å². The first kappa shape index (κ1) is 29.4. The zero-order chi connectivity index (χ0) is 28.4. The molecule has 2 aromatic rings. The molecule has 38 heavy (non-hydrogen) atoms. The fraction of sp³-hybridized carbons (Fsp3) is 0.538. The van der Waals surface area contributed by atoms with Gasteiger partial charge in [-0.1, -0.05) is 38.1 Å². The van der Waals surface area contributed by atoms with E-state index < -0.39 is 48.1 Å². The van der Waals surface area contributed by atoms with Gasteiger partial charge in [-0.25, -0.2) is 18.6 Å². The first-order valence-corrected chi connectivity index (χ1v) is 13.2. The Morgan fingerprint density at radius 2 is 1.84 bits per heavy atom. The van der Waals surface area contributed by atoms with E-state index in [4.69, 9.17) is 0 Å². The van der Waals surface area contributed by atoms with Crippen molar-refractivity contribution in [3.8, 4) is 10.4 Å². The fourth-order valence-corrected chi connectivity index (χ4v) is 5.51. The van der Waals surface area contributed by atoms with E-state index in [0.29, 0.717) is 16.0 Å². The van der Waals surface area contributed by atoms with Crippen LogP contribution in [-0.2, 0) is 16.1 Å². The van der Waals surface area contributed by atoms with Crippen molar-refractivity contribution in [1.82, 2.24) is 20.1 Å². The summed E-state index contributed by atoms with van der Waals surface area (Å²) in [5.74, 6) is -1.37. The minimum absolute atomic E-state index is 0.0334. The first-order valence-electron chi connectivity index (χ1n) is 12.3. The van der Waals surface area contributed by atoms with Crippen LogP contribution in [0.15, 0.2) is 29.8 Å². The number of carbonyl (C=O) groups excluding carboxylic acids is 2. The van der Waals surface area contributed by atoms with Crippen molar-refractivity contribution in [1.29, 1.82) is 0 Å². The number of carbonyl (C=O) groups is 3. The maximum absolute atomic E-state index is 13.6. The van der Waals surface area contributed by atoms with Gasteiger partial charge in [0.05, 0.1) is 16.5 Å². The molecule has 0 aliphatic carbocycles. The monoisotopic (exact) mass is 552 g/mol. The van der Waals surface area contributed by atoms with Crippen LogP contribution in [0.2, 0.25) is 0 Å². The number of aliphatic hydroxyl groups is 1. The van der Waals surface area contributed by atoms with Gasteiger partial charge in [-0.2, -0.15) is 0 Å². The highest BCUT2D eigenvalue weighted by Crippen LogP contribution is 2.34. The number of aromatic nitrogens is 1. The SMILES string of the molecule is CC(C)C(C(=O)N1C[C@H](O)C[C@H]1C(=O)NCc1ccc(-c2scnc2C(F)F)cc1)N(C(=O)O)C(C)(C)C. The molecule has 9 nitrogen and oxygen atoms in total. The maximum atomic E-state index is 13.6. The van der Waals surface area contributed by atoms with Gasteiger partial charge in [0.2, 0.25) is 11.8 Å². The Morgan fingerprint density at radius 1 is 1.21 bits per heavy atom. The van der Waals surface area contributed by atoms with Crippen LogP contribution in [0.5, 0.6) is 0 Å². The van der Waals surface area contributed by atoms with Crippen molar-refractivity contribution in [2.45, 2.75) is 77.7 Å². The van der Waals surface area contributed by atoms with Crippen molar-refractivity contribution >= 4 is 29.2 Å². The molecular formula is C26H34F2N4O5S. The summed E-state index contributed by atoms with van der Waals surface area (Å²) in [5.41, 5.74) is 1.54. The van der Waals surface area contributed by atoms with E-state index in [1.54, 1.807) is 58.9 Å². The quantitative estimate of drug-likeness (QED) is 0.453. The number of nitrogens with one attached hydrogen (secondary N) is 1. The summed E-state index contributed by atoms with van der Waals surface area (Å²) in [7, 11) is 0. The van der Waals surface area contributed by atoms with Crippen LogP contribution in [0, 0.1) is 5.92 Å². The Labute approximate surface area is 224 Å². The molecule has 0 spiro atoms. The number of hydrogen-bond acceptors (Lipinski definition) is 6. The lowest BCUT2D eigenvalue weighted by Crippen LogP contribution is -2.61. The lowest BCUT2D eigenvalue weighted by atomic mass is 9.95. The summed E-state index contributed by atoms with van der Waals surface area (Å²) in [4.78, 5) is 45.3. The number of amides is 3. The third-order valence-corrected chi connectivity index (χ3v) is 7.33. The number of aliphatic hydroxyl groups excluding tert-OH is 1. The summed E-state index contributed by atoms with van der Waals surface area (Å²) in [6.45, 7) is 8.62. The number of alkyl halides is 2. The van der Waals surface area contributed by atoms with Gasteiger partial charge in [0.25, 0.3) is 6.43 Å². The molecule has 3 rings (SSSR count). The number of hydrogen-bond donors (Lipinski definition) is 3. The van der Waals surface area contributed by atoms with Crippen molar-refractivity contribution < 1.29 is 33.4 Å². The largest absolute Gasteiger partial charge is 0.465 e. The third-order valence-electron chi connectivity index (χ3n) is 6.44. The van der Waals surface area contributed by atoms with Crippen LogP contribution >= 0.6 is 11.3 Å². The first-order chi connectivity index (χ1) is 17.7. The predicted octanol–water partition coefficient (Wildman–Crippen LogP) is 4.13. The van der Waals surface area contributed by atoms with E-state index in [1.165, 1.54) is 10.4 Å². The van der Waals surface area contributed by atoms with Gasteiger partial charge < -0.3 is 20.4 Å². The van der Waals surface area contributed by atoms with E-state index in [1.807, 2.05) is 0 Å². The van der Waals surface area contributed by atoms with Crippen molar-refractivity contribution in [3.63, 3.8) is 0 Å². The van der Waals surface area contributed by atoms with Gasteiger partial charge in [0.15, 0.2) is 0 Å². The zero-order valence-electron chi connectivity index (χ0n) is 22.0. The molecule has 3 amide bonds. The fourth-order valence-electron chi connectivity index (χ4n) is 4.70. The van der Waals surface area contributed by atoms with Gasteiger partial charge in [-0.15, -0.1) is 11.3 Å². The van der Waals surface area contributed by atoms with Crippen LogP contribution in [0.3, 0.4) is 0 Å². The molecule has 1 aliphatic rings. The summed E-state index contributed by atoms with van der Waals surface area (Å²) >= 11 is 1.12. The highest BCUT2D eigenvalue weighted by molar-refractivity contribution is 7.13. The Bertz CT molecular complexity index is 1150. The molecule has 208 valence electrons. The molecule has 1 fully saturated rings. The molecule has 0 saturated carbocycles. The maximum Gasteiger partial charge on any atom is 0.408 e. The molecule has 1 aromatic heterocycles. The van der Waals surface area contributed by atoms with Crippen molar-refractivity contribution in [2.24, 2.45) is 5.92 Å². The molecule has 1 aliphatic heterocycles. The van der Waals surface area contributed by atoms with Crippen LogP contribution in [0.1, 0.15) is 58.7 Å². The van der Waals surface area contributed by atoms with E-state index in [-0.39, 0.29) is 31.1 Å². The van der Waals surface area contributed by atoms with E-state index in [2.05, 4.69) is 10.3 Å². The molecule has 12 heteroatoms. The standard InChI is InChI=1S/C26H34F2N4O5S/c1-14(2)20(32(25(36)37)26(3,4)5)24(35)31-12-17(33)10-18(31)23(34)29-11-15-6-8-16(9-7-15)21-19(22(27)28)30-13-38-21/h6-9,13-14,17-18,20,22,33H,10-12H2,1-5H3,(H,29,34)(H,36,37)/t17-,18+,20?/m1/s1. The molecule has 1 aromatic carbocycles. The smallest absolute Gasteiger partial charge is 0.408 e. The summed E-state index contributed by atoms with van der Waals surface area (Å²) in [6.07, 6.45) is -4.80. The average molecular weight is 553 g/mol. The molecule has 3 atom stereocenters. The van der Waals surface area contributed by atoms with Crippen molar-refractivity contribution in [2.75, 3.05) is 6.54 Å². The van der Waals surface area contributed by atoms with Crippen LogP contribution in [0.25, 0.3) is 10.4 Å². The van der Waals surface area contributed by atoms with Gasteiger partial charge in [0, 0.05) is 25.0 Å². The van der Waals surface area contributed by atoms with Gasteiger partial charge in [-0.05, 0) is 37.8 Å². The predicted molar refractivity (Wildman–Crippen MR) is 139 cm³/mol. The summed E-state index contributed by atoms with van der Waals surface area (Å²) in [6, 6.07) is 4.77. The topological polar surface area (TPSA) is 123 Å². The average Bonchev–Trinajstić information content (AvgIpc) is 3.46. The molecule has 1 unspecified atom stereocenters. The molecule has 0 bridgehead atoms. The van der Waals surface area contributed by atoms with E-state index in [9.17, 15) is 33.4 Å². The normalized spacial score (nSPS) is 18.6. The van der Waals surface area contributed by atoms with Crippen molar-refractivity contribution in [3.05, 3.63) is 41.0 Å². The highest BCUT2D eigenvalue weighted by atomic mass is 32.1. The molecule has 0 radical (unpaired) electrons. The van der Waals surface area contributed by atoms with Crippen LogP contribution in [-0.4, -0.2) is 73.2 Å². The second kappa shape index (κ2) is 11.7. The third kappa shape index (κ3) is 6.47. The molecule has 1 saturated heterocycles. The van der Waals surface area contributed by atoms with Crippen LogP contribution < -0.4 is 5.32 Å². The zero-order valence-corrected chi connectivity index (χ0v) is 22.8. The number of β-amino-alcohol motifs (C(OH)–C–C–N with tert-alkyl or cyclic N) is 1. The second-order valence-corrected chi connectivity index (χ2v) is 11.5. The number of nitrogens with zero attached hydrogens (tertiary/aromatic N) is 3. The lowest BCUT2D eigenvalue weighted by Gasteiger charge is -2.42. The minimum atomic E-state index is -2.68. The summed E-state index contributed by atoms with van der Waals surface area (Å²) in [5, 5.41) is 22.9. The highest BCUT2D eigenvalue weighted by Gasteiger charge is 2.46. The van der Waals surface area contributed by atoms with Crippen LogP contribution in [0.4, 0.5) is 13.6 Å². The molecular weight excluding hydrogens is 518 g/mol. The number of likely N-dealkylation sites (tertiary alicyclic amines) is 1. The Hall–Kier alpha value is -3.12. The van der Waals surface area contributed by atoms with Gasteiger partial charge in [0.1, 0.15) is 17.8 Å². The van der Waals surface area contributed by atoms with E-state index >= 15 is 0 Å². The second-order valence-electron chi connectivity index (χ2n) is 10.7. The van der Waals surface area contributed by atoms with Gasteiger partial charge >= 0.3 is 6.09 Å². The number of rotatable bonds is 8. The summed E-state index contributed by atoms with van der Waals surface area (Å²) < 4.78 is 26.3. The molecule has 2 heterocycles. The van der Waals surface area contributed by atoms with E-state index in [0.717, 1.165) is 16.2 Å². The number of carboxylic acid groups (broad SMARTS) is 1. The Kier molecular flexibility index (Phi) is 9.09. The number of thiazole rings is 1.